The molecular formula is C30H32ClFN4O5. The Kier molecular flexibility index (Phi) is 7.78. The summed E-state index contributed by atoms with van der Waals surface area (Å²) < 4.78 is 26.1. The molecule has 9 nitrogen and oxygen atoms in total. The third-order valence-corrected chi connectivity index (χ3v) is 7.58. The lowest BCUT2D eigenvalue weighted by Crippen LogP contribution is -2.47. The number of pyridine rings is 1. The number of benzene rings is 2. The molecule has 3 atom stereocenters. The van der Waals surface area contributed by atoms with E-state index in [4.69, 9.17) is 20.9 Å². The first-order valence-corrected chi connectivity index (χ1v) is 13.9. The summed E-state index contributed by atoms with van der Waals surface area (Å²) in [7, 11) is 0. The second-order valence-electron chi connectivity index (χ2n) is 11.4. The van der Waals surface area contributed by atoms with E-state index >= 15 is 0 Å². The van der Waals surface area contributed by atoms with Crippen LogP contribution in [0, 0.1) is 12.7 Å². The van der Waals surface area contributed by atoms with E-state index in [1.807, 2.05) is 6.07 Å². The van der Waals surface area contributed by atoms with Gasteiger partial charge >= 0.3 is 6.09 Å². The third-order valence-electron chi connectivity index (χ3n) is 7.27. The Morgan fingerprint density at radius 3 is 2.59 bits per heavy atom. The van der Waals surface area contributed by atoms with E-state index in [0.717, 1.165) is 12.8 Å². The maximum atomic E-state index is 13.8. The molecule has 41 heavy (non-hydrogen) atoms. The van der Waals surface area contributed by atoms with Crippen molar-refractivity contribution in [1.29, 1.82) is 0 Å². The fourth-order valence-electron chi connectivity index (χ4n) is 5.53. The van der Waals surface area contributed by atoms with Crippen molar-refractivity contribution in [2.24, 2.45) is 0 Å². The Morgan fingerprint density at radius 1 is 1.15 bits per heavy atom. The number of ether oxygens (including phenoxy) is 1. The third kappa shape index (κ3) is 5.93. The number of halogens is 2. The summed E-state index contributed by atoms with van der Waals surface area (Å²) in [6, 6.07) is 9.11. The molecule has 2 aromatic heterocycles. The SMILES string of the molecule is Cc1onc2c1c(=O)n(C1CCCC(NC(=O)C(NC(=O)OC(C)(C)C)c3ccc(F)cc3)C1)c1cccc(Cl)c21. The van der Waals surface area contributed by atoms with Gasteiger partial charge in [-0.3, -0.25) is 9.59 Å². The number of nitrogens with zero attached hydrogens (tertiary/aromatic N) is 2. The van der Waals surface area contributed by atoms with Crippen molar-refractivity contribution in [2.75, 3.05) is 0 Å². The van der Waals surface area contributed by atoms with Crippen molar-refractivity contribution in [1.82, 2.24) is 20.4 Å². The van der Waals surface area contributed by atoms with Crippen LogP contribution in [0.1, 0.15) is 69.9 Å². The highest BCUT2D eigenvalue weighted by Gasteiger charge is 2.32. The molecule has 1 aliphatic carbocycles. The van der Waals surface area contributed by atoms with Crippen molar-refractivity contribution in [2.45, 2.75) is 77.1 Å². The van der Waals surface area contributed by atoms with Crippen LogP contribution in [0.15, 0.2) is 51.8 Å². The van der Waals surface area contributed by atoms with Crippen molar-refractivity contribution >= 4 is 45.4 Å². The number of alkyl carbamates (subject to hydrolysis) is 1. The molecular weight excluding hydrogens is 551 g/mol. The van der Waals surface area contributed by atoms with Crippen LogP contribution in [0.4, 0.5) is 9.18 Å². The number of aryl methyl sites for hydroxylation is 1. The van der Waals surface area contributed by atoms with Gasteiger partial charge in [0.2, 0.25) is 5.91 Å². The predicted molar refractivity (Wildman–Crippen MR) is 153 cm³/mol. The lowest BCUT2D eigenvalue weighted by Gasteiger charge is -2.33. The quantitative estimate of drug-likeness (QED) is 0.293. The molecule has 2 amide bonds. The first-order valence-electron chi connectivity index (χ1n) is 13.6. The van der Waals surface area contributed by atoms with Gasteiger partial charge in [0.15, 0.2) is 0 Å². The normalized spacial score (nSPS) is 18.3. The van der Waals surface area contributed by atoms with Crippen LogP contribution in [0.3, 0.4) is 0 Å². The highest BCUT2D eigenvalue weighted by atomic mass is 35.5. The molecule has 1 aliphatic rings. The molecule has 0 bridgehead atoms. The molecule has 2 N–H and O–H groups in total. The summed E-state index contributed by atoms with van der Waals surface area (Å²) in [6.45, 7) is 6.86. The van der Waals surface area contributed by atoms with E-state index < -0.39 is 29.5 Å². The largest absolute Gasteiger partial charge is 0.444 e. The maximum Gasteiger partial charge on any atom is 0.408 e. The molecule has 1 saturated carbocycles. The Morgan fingerprint density at radius 2 is 1.88 bits per heavy atom. The van der Waals surface area contributed by atoms with Gasteiger partial charge in [-0.25, -0.2) is 9.18 Å². The first kappa shape index (κ1) is 28.6. The van der Waals surface area contributed by atoms with E-state index in [1.54, 1.807) is 44.4 Å². The molecule has 0 aliphatic heterocycles. The standard InChI is InChI=1S/C30H32ClFN4O5/c1-16-23-26(35-41-16)24-21(31)9-6-10-22(24)36(28(23)38)20-8-5-7-19(15-20)33-27(37)25(17-11-13-18(32)14-12-17)34-29(39)40-30(2,3)4/h6,9-14,19-20,25H,5,7-8,15H2,1-4H3,(H,33,37)(H,34,39). The lowest BCUT2D eigenvalue weighted by atomic mass is 9.89. The fraction of sp³-hybridized carbons (Fsp3) is 0.400. The average Bonchev–Trinajstić information content (AvgIpc) is 3.29. The lowest BCUT2D eigenvalue weighted by molar-refractivity contribution is -0.124. The number of rotatable bonds is 5. The Bertz CT molecular complexity index is 1680. The molecule has 2 aromatic carbocycles. The van der Waals surface area contributed by atoms with Gasteiger partial charge in [0, 0.05) is 17.5 Å². The second kappa shape index (κ2) is 11.2. The van der Waals surface area contributed by atoms with Crippen molar-refractivity contribution in [3.05, 3.63) is 75.0 Å². The number of hydrogen-bond acceptors (Lipinski definition) is 6. The average molecular weight is 583 g/mol. The Hall–Kier alpha value is -3.92. The number of carbonyl (C=O) groups is 2. The molecule has 0 saturated heterocycles. The minimum absolute atomic E-state index is 0.221. The summed E-state index contributed by atoms with van der Waals surface area (Å²) >= 11 is 6.57. The van der Waals surface area contributed by atoms with Gasteiger partial charge < -0.3 is 24.5 Å². The molecule has 11 heteroatoms. The first-order chi connectivity index (χ1) is 19.4. The molecule has 2 heterocycles. The Balaban J connectivity index is 1.43. The van der Waals surface area contributed by atoms with Gasteiger partial charge in [0.1, 0.15) is 34.1 Å². The number of nitrogens with one attached hydrogen (secondary N) is 2. The number of carbonyl (C=O) groups excluding carboxylic acids is 2. The summed E-state index contributed by atoms with van der Waals surface area (Å²) in [5.41, 5.74) is 0.498. The highest BCUT2D eigenvalue weighted by molar-refractivity contribution is 6.37. The second-order valence-corrected chi connectivity index (χ2v) is 11.8. The molecule has 0 radical (unpaired) electrons. The molecule has 216 valence electrons. The molecule has 4 aromatic rings. The smallest absolute Gasteiger partial charge is 0.408 e. The summed E-state index contributed by atoms with van der Waals surface area (Å²) in [5.74, 6) is -0.506. The van der Waals surface area contributed by atoms with E-state index in [9.17, 15) is 18.8 Å². The van der Waals surface area contributed by atoms with Crippen LogP contribution in [0.5, 0.6) is 0 Å². The predicted octanol–water partition coefficient (Wildman–Crippen LogP) is 6.11. The number of hydrogen-bond donors (Lipinski definition) is 2. The fourth-order valence-corrected chi connectivity index (χ4v) is 5.79. The number of aromatic nitrogens is 2. The molecule has 5 rings (SSSR count). The van der Waals surface area contributed by atoms with E-state index in [1.165, 1.54) is 24.3 Å². The van der Waals surface area contributed by atoms with Crippen LogP contribution >= 0.6 is 11.6 Å². The minimum Gasteiger partial charge on any atom is -0.444 e. The minimum atomic E-state index is -1.11. The van der Waals surface area contributed by atoms with E-state index in [2.05, 4.69) is 15.8 Å². The monoisotopic (exact) mass is 582 g/mol. The van der Waals surface area contributed by atoms with Gasteiger partial charge in [-0.05, 0) is 83.2 Å². The van der Waals surface area contributed by atoms with Crippen LogP contribution in [0.2, 0.25) is 5.02 Å². The van der Waals surface area contributed by atoms with Gasteiger partial charge in [0.05, 0.1) is 10.5 Å². The van der Waals surface area contributed by atoms with E-state index in [-0.39, 0.29) is 17.6 Å². The number of fused-ring (bicyclic) bond motifs is 3. The summed E-state index contributed by atoms with van der Waals surface area (Å²) in [6.07, 6.45) is 1.88. The highest BCUT2D eigenvalue weighted by Crippen LogP contribution is 2.35. The van der Waals surface area contributed by atoms with Crippen LogP contribution in [-0.4, -0.2) is 33.4 Å². The summed E-state index contributed by atoms with van der Waals surface area (Å²) in [5, 5.41) is 11.3. The molecule has 0 spiro atoms. The molecule has 1 fully saturated rings. The van der Waals surface area contributed by atoms with Gasteiger partial charge in [-0.1, -0.05) is 35.0 Å². The number of amides is 2. The maximum absolute atomic E-state index is 13.8. The van der Waals surface area contributed by atoms with Crippen molar-refractivity contribution < 1.29 is 23.2 Å². The zero-order valence-electron chi connectivity index (χ0n) is 23.3. The summed E-state index contributed by atoms with van der Waals surface area (Å²) in [4.78, 5) is 39.9. The van der Waals surface area contributed by atoms with Crippen molar-refractivity contribution in [3.8, 4) is 0 Å². The van der Waals surface area contributed by atoms with Gasteiger partial charge in [-0.15, -0.1) is 0 Å². The zero-order valence-corrected chi connectivity index (χ0v) is 24.0. The Labute approximate surface area is 241 Å². The van der Waals surface area contributed by atoms with Gasteiger partial charge in [0.25, 0.3) is 5.56 Å². The molecule has 3 unspecified atom stereocenters. The topological polar surface area (TPSA) is 115 Å². The van der Waals surface area contributed by atoms with Crippen LogP contribution in [-0.2, 0) is 9.53 Å². The van der Waals surface area contributed by atoms with Crippen LogP contribution < -0.4 is 16.2 Å². The van der Waals surface area contributed by atoms with Crippen LogP contribution in [0.25, 0.3) is 21.8 Å². The van der Waals surface area contributed by atoms with Crippen molar-refractivity contribution in [3.63, 3.8) is 0 Å². The van der Waals surface area contributed by atoms with Gasteiger partial charge in [-0.2, -0.15) is 0 Å². The van der Waals surface area contributed by atoms with E-state index in [0.29, 0.717) is 51.0 Å². The zero-order chi connectivity index (χ0) is 29.5.